The Balaban J connectivity index is 1.49. The molecule has 166 valence electrons. The molecule has 0 spiro atoms. The highest BCUT2D eigenvalue weighted by Crippen LogP contribution is 2.41. The first kappa shape index (κ1) is 21.3. The van der Waals surface area contributed by atoms with Crippen molar-refractivity contribution in [3.05, 3.63) is 89.5 Å². The van der Waals surface area contributed by atoms with Crippen LogP contribution >= 0.6 is 11.8 Å². The average molecular weight is 457 g/mol. The summed E-state index contributed by atoms with van der Waals surface area (Å²) < 4.78 is 12.3. The van der Waals surface area contributed by atoms with Gasteiger partial charge in [0.15, 0.2) is 5.69 Å². The lowest BCUT2D eigenvalue weighted by Gasteiger charge is -2.21. The van der Waals surface area contributed by atoms with Gasteiger partial charge in [0.05, 0.1) is 12.2 Å². The molecule has 2 heterocycles. The van der Waals surface area contributed by atoms with Crippen LogP contribution in [0.3, 0.4) is 0 Å². The molecule has 0 amide bonds. The summed E-state index contributed by atoms with van der Waals surface area (Å²) in [6.45, 7) is 4.62. The van der Waals surface area contributed by atoms with Gasteiger partial charge in [-0.1, -0.05) is 71.9 Å². The molecule has 0 unspecified atom stereocenters. The first-order chi connectivity index (χ1) is 16.2. The number of aryl methyl sites for hydroxylation is 1. The number of anilines is 1. The fourth-order valence-electron chi connectivity index (χ4n) is 3.67. The standard InChI is InChI=1S/C26H24N4O2S/c1-3-31-22-11-7-5-9-20(22)24-27-21-10-6-4-8-19(21)23-25(32-24)28-26(30-29-23)33-16-18-14-12-17(2)13-15-18/h4-15,24,27H,3,16H2,1-2H3/t24-/m0/s1. The molecule has 7 heteroatoms. The van der Waals surface area contributed by atoms with Crippen LogP contribution in [-0.2, 0) is 5.75 Å². The van der Waals surface area contributed by atoms with Gasteiger partial charge in [-0.05, 0) is 37.6 Å². The van der Waals surface area contributed by atoms with Crippen molar-refractivity contribution < 1.29 is 9.47 Å². The second-order valence-electron chi connectivity index (χ2n) is 7.68. The summed E-state index contributed by atoms with van der Waals surface area (Å²) in [6, 6.07) is 24.3. The van der Waals surface area contributed by atoms with Crippen LogP contribution in [0.1, 0.15) is 29.8 Å². The number of hydrogen-bond donors (Lipinski definition) is 1. The number of fused-ring (bicyclic) bond motifs is 3. The van der Waals surface area contributed by atoms with E-state index >= 15 is 0 Å². The highest BCUT2D eigenvalue weighted by Gasteiger charge is 2.27. The van der Waals surface area contributed by atoms with Crippen molar-refractivity contribution in [1.29, 1.82) is 0 Å². The number of para-hydroxylation sites is 2. The first-order valence-electron chi connectivity index (χ1n) is 10.9. The van der Waals surface area contributed by atoms with Gasteiger partial charge in [0, 0.05) is 17.0 Å². The van der Waals surface area contributed by atoms with Crippen LogP contribution in [0.4, 0.5) is 5.69 Å². The lowest BCUT2D eigenvalue weighted by Crippen LogP contribution is -2.18. The zero-order valence-corrected chi connectivity index (χ0v) is 19.3. The zero-order valence-electron chi connectivity index (χ0n) is 18.5. The molecule has 0 saturated heterocycles. The van der Waals surface area contributed by atoms with Crippen LogP contribution in [-0.4, -0.2) is 21.8 Å². The van der Waals surface area contributed by atoms with Crippen molar-refractivity contribution >= 4 is 17.4 Å². The summed E-state index contributed by atoms with van der Waals surface area (Å²) in [5.41, 5.74) is 5.77. The van der Waals surface area contributed by atoms with Gasteiger partial charge in [-0.15, -0.1) is 10.2 Å². The lowest BCUT2D eigenvalue weighted by atomic mass is 10.1. The fraction of sp³-hybridized carbons (Fsp3) is 0.192. The number of ether oxygens (including phenoxy) is 2. The van der Waals surface area contributed by atoms with E-state index in [1.165, 1.54) is 22.9 Å². The van der Waals surface area contributed by atoms with Crippen molar-refractivity contribution in [2.45, 2.75) is 31.0 Å². The van der Waals surface area contributed by atoms with Gasteiger partial charge in [-0.3, -0.25) is 0 Å². The summed E-state index contributed by atoms with van der Waals surface area (Å²) >= 11 is 1.54. The Morgan fingerprint density at radius 1 is 0.970 bits per heavy atom. The Hall–Kier alpha value is -3.58. The molecule has 1 aliphatic heterocycles. The number of benzene rings is 3. The molecule has 1 aliphatic rings. The van der Waals surface area contributed by atoms with Gasteiger partial charge >= 0.3 is 0 Å². The monoisotopic (exact) mass is 456 g/mol. The maximum Gasteiger partial charge on any atom is 0.247 e. The number of thioether (sulfide) groups is 1. The first-order valence-corrected chi connectivity index (χ1v) is 11.9. The van der Waals surface area contributed by atoms with Crippen LogP contribution in [0.2, 0.25) is 0 Å². The van der Waals surface area contributed by atoms with E-state index in [0.717, 1.165) is 28.3 Å². The minimum Gasteiger partial charge on any atom is -0.493 e. The summed E-state index contributed by atoms with van der Waals surface area (Å²) in [5, 5.41) is 12.9. The molecule has 1 atom stereocenters. The van der Waals surface area contributed by atoms with Gasteiger partial charge in [-0.2, -0.15) is 4.98 Å². The van der Waals surface area contributed by atoms with E-state index < -0.39 is 6.23 Å². The van der Waals surface area contributed by atoms with E-state index in [-0.39, 0.29) is 0 Å². The molecule has 3 aromatic carbocycles. The average Bonchev–Trinajstić information content (AvgIpc) is 3.01. The quantitative estimate of drug-likeness (QED) is 0.355. The van der Waals surface area contributed by atoms with Gasteiger partial charge in [0.1, 0.15) is 5.75 Å². The van der Waals surface area contributed by atoms with Crippen LogP contribution in [0, 0.1) is 6.92 Å². The number of hydrogen-bond acceptors (Lipinski definition) is 7. The van der Waals surface area contributed by atoms with Gasteiger partial charge in [0.2, 0.25) is 17.3 Å². The van der Waals surface area contributed by atoms with E-state index in [1.807, 2.05) is 55.5 Å². The third-order valence-electron chi connectivity index (χ3n) is 5.32. The fourth-order valence-corrected chi connectivity index (χ4v) is 4.40. The van der Waals surface area contributed by atoms with Crippen molar-refractivity contribution in [2.75, 3.05) is 11.9 Å². The topological polar surface area (TPSA) is 69.2 Å². The maximum absolute atomic E-state index is 6.40. The predicted octanol–water partition coefficient (Wildman–Crippen LogP) is 6.04. The van der Waals surface area contributed by atoms with Crippen LogP contribution < -0.4 is 14.8 Å². The van der Waals surface area contributed by atoms with E-state index in [1.54, 1.807) is 0 Å². The largest absolute Gasteiger partial charge is 0.493 e. The Labute approximate surface area is 197 Å². The molecule has 6 nitrogen and oxygen atoms in total. The Bertz CT molecular complexity index is 1260. The minimum atomic E-state index is -0.484. The predicted molar refractivity (Wildman–Crippen MR) is 131 cm³/mol. The zero-order chi connectivity index (χ0) is 22.6. The van der Waals surface area contributed by atoms with E-state index in [4.69, 9.17) is 14.5 Å². The molecule has 5 rings (SSSR count). The van der Waals surface area contributed by atoms with Gasteiger partial charge in [-0.25, -0.2) is 0 Å². The maximum atomic E-state index is 6.40. The molecule has 0 fully saturated rings. The molecule has 0 radical (unpaired) electrons. The molecule has 4 aromatic rings. The minimum absolute atomic E-state index is 0.449. The highest BCUT2D eigenvalue weighted by atomic mass is 32.2. The number of nitrogens with one attached hydrogen (secondary N) is 1. The molecular weight excluding hydrogens is 432 g/mol. The third-order valence-corrected chi connectivity index (χ3v) is 6.23. The summed E-state index contributed by atoms with van der Waals surface area (Å²) in [7, 11) is 0. The molecule has 1 aromatic heterocycles. The molecule has 0 saturated carbocycles. The van der Waals surface area contributed by atoms with Crippen LogP contribution in [0.5, 0.6) is 11.6 Å². The molecular formula is C26H24N4O2S. The summed E-state index contributed by atoms with van der Waals surface area (Å²) in [5.74, 6) is 1.98. The molecule has 33 heavy (non-hydrogen) atoms. The van der Waals surface area contributed by atoms with E-state index in [9.17, 15) is 0 Å². The second kappa shape index (κ2) is 9.50. The lowest BCUT2D eigenvalue weighted by molar-refractivity contribution is 0.217. The van der Waals surface area contributed by atoms with E-state index in [0.29, 0.717) is 23.3 Å². The smallest absolute Gasteiger partial charge is 0.247 e. The molecule has 1 N–H and O–H groups in total. The Morgan fingerprint density at radius 3 is 2.61 bits per heavy atom. The van der Waals surface area contributed by atoms with Gasteiger partial charge in [0.25, 0.3) is 0 Å². The highest BCUT2D eigenvalue weighted by molar-refractivity contribution is 7.98. The number of rotatable bonds is 6. The summed E-state index contributed by atoms with van der Waals surface area (Å²) in [4.78, 5) is 4.74. The third kappa shape index (κ3) is 4.64. The number of aromatic nitrogens is 3. The van der Waals surface area contributed by atoms with Gasteiger partial charge < -0.3 is 14.8 Å². The van der Waals surface area contributed by atoms with Crippen LogP contribution in [0.25, 0.3) is 11.3 Å². The van der Waals surface area contributed by atoms with Crippen molar-refractivity contribution in [1.82, 2.24) is 15.2 Å². The van der Waals surface area contributed by atoms with Crippen molar-refractivity contribution in [2.24, 2.45) is 0 Å². The summed E-state index contributed by atoms with van der Waals surface area (Å²) in [6.07, 6.45) is -0.484. The van der Waals surface area contributed by atoms with Crippen LogP contribution in [0.15, 0.2) is 78.0 Å². The van der Waals surface area contributed by atoms with Crippen molar-refractivity contribution in [3.63, 3.8) is 0 Å². The Morgan fingerprint density at radius 2 is 1.76 bits per heavy atom. The van der Waals surface area contributed by atoms with Crippen molar-refractivity contribution in [3.8, 4) is 22.9 Å². The van der Waals surface area contributed by atoms with E-state index in [2.05, 4.69) is 46.7 Å². The molecule has 0 aliphatic carbocycles. The second-order valence-corrected chi connectivity index (χ2v) is 8.62. The number of nitrogens with zero attached hydrogens (tertiary/aromatic N) is 3. The normalized spacial score (nSPS) is 14.3. The Kier molecular flexibility index (Phi) is 6.13. The SMILES string of the molecule is CCOc1ccccc1[C@H]1Nc2ccccc2-c2nnc(SCc3ccc(C)cc3)nc2O1. The molecule has 0 bridgehead atoms.